The lowest BCUT2D eigenvalue weighted by Gasteiger charge is -2.28. The molecule has 1 amide bonds. The van der Waals surface area contributed by atoms with Crippen molar-refractivity contribution >= 4 is 15.9 Å². The van der Waals surface area contributed by atoms with Gasteiger partial charge in [-0.2, -0.15) is 4.31 Å². The third-order valence-corrected chi connectivity index (χ3v) is 5.44. The molecule has 1 fully saturated rings. The van der Waals surface area contributed by atoms with Gasteiger partial charge in [-0.15, -0.1) is 0 Å². The van der Waals surface area contributed by atoms with Crippen LogP contribution in [0.4, 0.5) is 0 Å². The maximum Gasteiger partial charge on any atom is 0.243 e. The highest BCUT2D eigenvalue weighted by atomic mass is 32.2. The van der Waals surface area contributed by atoms with Crippen LogP contribution in [0.1, 0.15) is 25.3 Å². The Morgan fingerprint density at radius 3 is 2.38 bits per heavy atom. The fourth-order valence-electron chi connectivity index (χ4n) is 2.24. The molecule has 0 unspecified atom stereocenters. The number of sulfonamides is 1. The molecule has 21 heavy (non-hydrogen) atoms. The topological polar surface area (TPSA) is 86.7 Å². The third-order valence-electron chi connectivity index (χ3n) is 3.53. The van der Waals surface area contributed by atoms with Gasteiger partial charge in [-0.05, 0) is 30.5 Å². The van der Waals surface area contributed by atoms with Gasteiger partial charge in [-0.3, -0.25) is 4.79 Å². The van der Waals surface area contributed by atoms with Crippen LogP contribution in [-0.4, -0.2) is 42.9 Å². The molecule has 1 heterocycles. The molecule has 2 N–H and O–H groups in total. The van der Waals surface area contributed by atoms with Crippen molar-refractivity contribution in [3.05, 3.63) is 29.8 Å². The molecule has 2 rings (SSSR count). The lowest BCUT2D eigenvalue weighted by molar-refractivity contribution is -0.119. The molecule has 1 aromatic rings. The molecule has 0 bridgehead atoms. The van der Waals surface area contributed by atoms with E-state index in [1.165, 1.54) is 11.2 Å². The summed E-state index contributed by atoms with van der Waals surface area (Å²) in [7, 11) is -3.50. The molecular formula is C14H20N2O4S. The fraction of sp³-hybridized carbons (Fsp3) is 0.500. The van der Waals surface area contributed by atoms with E-state index >= 15 is 0 Å². The van der Waals surface area contributed by atoms with Gasteiger partial charge in [0.2, 0.25) is 15.9 Å². The van der Waals surface area contributed by atoms with E-state index in [-0.39, 0.29) is 10.8 Å². The number of aliphatic hydroxyl groups is 1. The number of benzene rings is 1. The van der Waals surface area contributed by atoms with Crippen LogP contribution >= 0.6 is 0 Å². The minimum Gasteiger partial charge on any atom is -0.393 e. The van der Waals surface area contributed by atoms with Crippen molar-refractivity contribution in [2.75, 3.05) is 13.1 Å². The van der Waals surface area contributed by atoms with Crippen LogP contribution in [0.2, 0.25) is 0 Å². The number of hydrogen-bond acceptors (Lipinski definition) is 4. The molecule has 1 aromatic carbocycles. The van der Waals surface area contributed by atoms with E-state index in [9.17, 15) is 18.3 Å². The summed E-state index contributed by atoms with van der Waals surface area (Å²) < 4.78 is 26.3. The Morgan fingerprint density at radius 2 is 1.86 bits per heavy atom. The van der Waals surface area contributed by atoms with Crippen LogP contribution in [0.25, 0.3) is 0 Å². The van der Waals surface area contributed by atoms with Crippen LogP contribution in [-0.2, 0) is 21.4 Å². The molecule has 1 aliphatic heterocycles. The molecular weight excluding hydrogens is 292 g/mol. The number of nitrogens with one attached hydrogen (secondary N) is 1. The summed E-state index contributed by atoms with van der Waals surface area (Å²) in [6.45, 7) is 2.50. The highest BCUT2D eigenvalue weighted by Crippen LogP contribution is 2.21. The van der Waals surface area contributed by atoms with Gasteiger partial charge in [0.1, 0.15) is 0 Å². The Bertz CT molecular complexity index is 590. The van der Waals surface area contributed by atoms with Gasteiger partial charge in [0.15, 0.2) is 0 Å². The summed E-state index contributed by atoms with van der Waals surface area (Å²) in [5.74, 6) is -0.126. The summed E-state index contributed by atoms with van der Waals surface area (Å²) in [5.41, 5.74) is 0.846. The SMILES string of the molecule is CC(=O)NCc1ccc(S(=O)(=O)N2CCC(O)CC2)cc1. The zero-order valence-electron chi connectivity index (χ0n) is 11.9. The van der Waals surface area contributed by atoms with E-state index in [0.717, 1.165) is 5.56 Å². The minimum atomic E-state index is -3.50. The standard InChI is InChI=1S/C14H20N2O4S/c1-11(17)15-10-12-2-4-14(5-3-12)21(19,20)16-8-6-13(18)7-9-16/h2-5,13,18H,6-10H2,1H3,(H,15,17). The first-order valence-electron chi connectivity index (χ1n) is 6.91. The Hall–Kier alpha value is -1.44. The number of carbonyl (C=O) groups excluding carboxylic acids is 1. The van der Waals surface area contributed by atoms with E-state index in [4.69, 9.17) is 0 Å². The Kier molecular flexibility index (Phi) is 4.97. The van der Waals surface area contributed by atoms with Crippen LogP contribution in [0, 0.1) is 0 Å². The van der Waals surface area contributed by atoms with Gasteiger partial charge >= 0.3 is 0 Å². The predicted octanol–water partition coefficient (Wildman–Crippen LogP) is 0.468. The van der Waals surface area contributed by atoms with E-state index in [1.54, 1.807) is 24.3 Å². The average molecular weight is 312 g/mol. The summed E-state index contributed by atoms with van der Waals surface area (Å²) >= 11 is 0. The van der Waals surface area contributed by atoms with Gasteiger partial charge in [0.05, 0.1) is 11.0 Å². The summed E-state index contributed by atoms with van der Waals surface area (Å²) in [6, 6.07) is 6.50. The molecule has 7 heteroatoms. The third kappa shape index (κ3) is 4.03. The van der Waals surface area contributed by atoms with E-state index < -0.39 is 16.1 Å². The maximum absolute atomic E-state index is 12.4. The lowest BCUT2D eigenvalue weighted by atomic mass is 10.1. The van der Waals surface area contributed by atoms with Crippen molar-refractivity contribution in [3.8, 4) is 0 Å². The summed E-state index contributed by atoms with van der Waals surface area (Å²) in [5, 5.41) is 12.1. The second-order valence-electron chi connectivity index (χ2n) is 5.19. The van der Waals surface area contributed by atoms with Gasteiger partial charge < -0.3 is 10.4 Å². The first-order valence-corrected chi connectivity index (χ1v) is 8.35. The Labute approximate surface area is 124 Å². The number of rotatable bonds is 4. The maximum atomic E-state index is 12.4. The number of amides is 1. The largest absolute Gasteiger partial charge is 0.393 e. The molecule has 1 saturated heterocycles. The highest BCUT2D eigenvalue weighted by molar-refractivity contribution is 7.89. The second-order valence-corrected chi connectivity index (χ2v) is 7.13. The first kappa shape index (κ1) is 15.9. The minimum absolute atomic E-state index is 0.126. The van der Waals surface area contributed by atoms with Crippen molar-refractivity contribution in [2.45, 2.75) is 37.3 Å². The van der Waals surface area contributed by atoms with Crippen LogP contribution in [0.3, 0.4) is 0 Å². The van der Waals surface area contributed by atoms with Crippen molar-refractivity contribution in [1.29, 1.82) is 0 Å². The molecule has 0 spiro atoms. The van der Waals surface area contributed by atoms with Crippen LogP contribution in [0.15, 0.2) is 29.2 Å². The van der Waals surface area contributed by atoms with Gasteiger partial charge in [-0.25, -0.2) is 8.42 Å². The van der Waals surface area contributed by atoms with Crippen LogP contribution < -0.4 is 5.32 Å². The molecule has 6 nitrogen and oxygen atoms in total. The number of aliphatic hydroxyl groups excluding tert-OH is 1. The molecule has 116 valence electrons. The summed E-state index contributed by atoms with van der Waals surface area (Å²) in [4.78, 5) is 11.1. The van der Waals surface area contributed by atoms with Gasteiger partial charge in [0.25, 0.3) is 0 Å². The van der Waals surface area contributed by atoms with E-state index in [2.05, 4.69) is 5.32 Å². The monoisotopic (exact) mass is 312 g/mol. The normalized spacial score (nSPS) is 17.6. The number of nitrogens with zero attached hydrogens (tertiary/aromatic N) is 1. The average Bonchev–Trinajstić information content (AvgIpc) is 2.46. The Morgan fingerprint density at radius 1 is 1.29 bits per heavy atom. The number of hydrogen-bond donors (Lipinski definition) is 2. The van der Waals surface area contributed by atoms with Crippen molar-refractivity contribution in [3.63, 3.8) is 0 Å². The van der Waals surface area contributed by atoms with Gasteiger partial charge in [0, 0.05) is 26.6 Å². The van der Waals surface area contributed by atoms with Crippen LogP contribution in [0.5, 0.6) is 0 Å². The number of carbonyl (C=O) groups is 1. The zero-order chi connectivity index (χ0) is 15.5. The van der Waals surface area contributed by atoms with E-state index in [0.29, 0.717) is 32.5 Å². The highest BCUT2D eigenvalue weighted by Gasteiger charge is 2.28. The Balaban J connectivity index is 2.08. The predicted molar refractivity (Wildman–Crippen MR) is 78.0 cm³/mol. The molecule has 1 aliphatic rings. The summed E-state index contributed by atoms with van der Waals surface area (Å²) in [6.07, 6.45) is 0.538. The lowest BCUT2D eigenvalue weighted by Crippen LogP contribution is -2.39. The fourth-order valence-corrected chi connectivity index (χ4v) is 3.71. The molecule has 0 atom stereocenters. The second kappa shape index (κ2) is 6.55. The molecule has 0 aromatic heterocycles. The van der Waals surface area contributed by atoms with Crippen molar-refractivity contribution in [2.24, 2.45) is 0 Å². The first-order chi connectivity index (χ1) is 9.89. The molecule has 0 saturated carbocycles. The van der Waals surface area contributed by atoms with Crippen molar-refractivity contribution in [1.82, 2.24) is 9.62 Å². The smallest absolute Gasteiger partial charge is 0.243 e. The molecule has 0 radical (unpaired) electrons. The van der Waals surface area contributed by atoms with Gasteiger partial charge in [-0.1, -0.05) is 12.1 Å². The quantitative estimate of drug-likeness (QED) is 0.846. The zero-order valence-corrected chi connectivity index (χ0v) is 12.8. The molecule has 0 aliphatic carbocycles. The van der Waals surface area contributed by atoms with Crippen molar-refractivity contribution < 1.29 is 18.3 Å². The van der Waals surface area contributed by atoms with E-state index in [1.807, 2.05) is 0 Å². The number of piperidine rings is 1.